The average molecular weight is 417 g/mol. The lowest BCUT2D eigenvalue weighted by atomic mass is 10.1. The van der Waals surface area contributed by atoms with E-state index in [0.29, 0.717) is 23.0 Å². The van der Waals surface area contributed by atoms with Crippen LogP contribution in [0.2, 0.25) is 5.02 Å². The molecule has 1 aliphatic rings. The molecule has 0 aliphatic carbocycles. The van der Waals surface area contributed by atoms with Gasteiger partial charge in [0.2, 0.25) is 0 Å². The Balaban J connectivity index is 1.55. The van der Waals surface area contributed by atoms with Crippen molar-refractivity contribution in [1.29, 1.82) is 0 Å². The van der Waals surface area contributed by atoms with Gasteiger partial charge in [-0.2, -0.15) is 10.1 Å². The second-order valence-corrected chi connectivity index (χ2v) is 7.60. The molecule has 0 bridgehead atoms. The van der Waals surface area contributed by atoms with Crippen LogP contribution in [0.4, 0.5) is 11.4 Å². The number of amides is 1. The quantitative estimate of drug-likeness (QED) is 0.219. The maximum Gasteiger partial charge on any atom is 0.269 e. The summed E-state index contributed by atoms with van der Waals surface area (Å²) in [6.07, 6.45) is 1.62. The van der Waals surface area contributed by atoms with Crippen molar-refractivity contribution in [3.05, 3.63) is 63.7 Å². The molecule has 144 valence electrons. The van der Waals surface area contributed by atoms with Gasteiger partial charge in [0.25, 0.3) is 11.6 Å². The number of hydrazone groups is 1. The molecule has 1 aliphatic heterocycles. The van der Waals surface area contributed by atoms with E-state index in [1.807, 2.05) is 24.3 Å². The number of thioether (sulfide) groups is 1. The van der Waals surface area contributed by atoms with Crippen molar-refractivity contribution < 1.29 is 9.72 Å². The number of nitro groups is 1. The highest BCUT2D eigenvalue weighted by molar-refractivity contribution is 7.99. The number of halogens is 1. The van der Waals surface area contributed by atoms with Gasteiger partial charge in [0.15, 0.2) is 0 Å². The van der Waals surface area contributed by atoms with Crippen molar-refractivity contribution in [2.24, 2.45) is 16.0 Å². The van der Waals surface area contributed by atoms with Crippen molar-refractivity contribution in [3.8, 4) is 0 Å². The van der Waals surface area contributed by atoms with E-state index in [4.69, 9.17) is 11.6 Å². The van der Waals surface area contributed by atoms with E-state index in [0.717, 1.165) is 10.6 Å². The van der Waals surface area contributed by atoms with Crippen LogP contribution in [0.15, 0.2) is 63.5 Å². The normalized spacial score (nSPS) is 16.6. The molecule has 0 radical (unpaired) electrons. The van der Waals surface area contributed by atoms with Gasteiger partial charge in [0.05, 0.1) is 16.3 Å². The second-order valence-electron chi connectivity index (χ2n) is 6.00. The van der Waals surface area contributed by atoms with Crippen LogP contribution in [0.25, 0.3) is 0 Å². The monoisotopic (exact) mass is 416 g/mol. The van der Waals surface area contributed by atoms with E-state index in [-0.39, 0.29) is 11.6 Å². The number of rotatable bonds is 7. The van der Waals surface area contributed by atoms with E-state index in [1.54, 1.807) is 24.9 Å². The predicted molar refractivity (Wildman–Crippen MR) is 113 cm³/mol. The van der Waals surface area contributed by atoms with Gasteiger partial charge >= 0.3 is 0 Å². The summed E-state index contributed by atoms with van der Waals surface area (Å²) in [4.78, 5) is 28.4. The summed E-state index contributed by atoms with van der Waals surface area (Å²) in [6, 6.07) is 13.3. The molecule has 3 rings (SSSR count). The lowest BCUT2D eigenvalue weighted by molar-refractivity contribution is -0.384. The molecule has 2 aromatic carbocycles. The van der Waals surface area contributed by atoms with Crippen LogP contribution in [0.1, 0.15) is 6.92 Å². The zero-order chi connectivity index (χ0) is 20.1. The molecule has 9 heteroatoms. The van der Waals surface area contributed by atoms with E-state index in [9.17, 15) is 14.9 Å². The van der Waals surface area contributed by atoms with Crippen molar-refractivity contribution in [2.75, 3.05) is 17.3 Å². The zero-order valence-electron chi connectivity index (χ0n) is 15.0. The number of carbonyl (C=O) groups excluding carboxylic acids is 1. The third kappa shape index (κ3) is 4.76. The first-order chi connectivity index (χ1) is 13.5. The standard InChI is InChI=1S/C19H17ClN4O3S/c1-13-18(12-21-10-11-28-17-8-2-14(20)3-9-17)19(25)23(22-13)15-4-6-16(7-5-15)24(26)27/h2-9,12,18H,10-11H2,1H3/t18-/m0/s1. The Morgan fingerprint density at radius 3 is 2.57 bits per heavy atom. The van der Waals surface area contributed by atoms with Crippen molar-refractivity contribution in [1.82, 2.24) is 0 Å². The molecule has 1 heterocycles. The molecular formula is C19H17ClN4O3S. The summed E-state index contributed by atoms with van der Waals surface area (Å²) in [7, 11) is 0. The molecule has 0 saturated heterocycles. The first-order valence-electron chi connectivity index (χ1n) is 8.47. The number of non-ortho nitro benzene ring substituents is 1. The molecular weight excluding hydrogens is 400 g/mol. The van der Waals surface area contributed by atoms with Gasteiger partial charge in [0, 0.05) is 40.6 Å². The van der Waals surface area contributed by atoms with Crippen molar-refractivity contribution in [3.63, 3.8) is 0 Å². The van der Waals surface area contributed by atoms with Crippen molar-refractivity contribution in [2.45, 2.75) is 11.8 Å². The van der Waals surface area contributed by atoms with Gasteiger partial charge in [-0.1, -0.05) is 11.6 Å². The van der Waals surface area contributed by atoms with E-state index >= 15 is 0 Å². The third-order valence-electron chi connectivity index (χ3n) is 4.04. The van der Waals surface area contributed by atoms with Crippen LogP contribution in [-0.2, 0) is 4.79 Å². The van der Waals surface area contributed by atoms with Crippen LogP contribution in [0.3, 0.4) is 0 Å². The molecule has 1 atom stereocenters. The molecule has 0 saturated carbocycles. The third-order valence-corrected chi connectivity index (χ3v) is 5.29. The maximum atomic E-state index is 12.6. The molecule has 0 spiro atoms. The number of aliphatic imine (C=N–C) groups is 1. The Hall–Kier alpha value is -2.71. The Morgan fingerprint density at radius 2 is 1.93 bits per heavy atom. The molecule has 7 nitrogen and oxygen atoms in total. The highest BCUT2D eigenvalue weighted by Crippen LogP contribution is 2.25. The predicted octanol–water partition coefficient (Wildman–Crippen LogP) is 4.45. The molecule has 0 N–H and O–H groups in total. The van der Waals surface area contributed by atoms with Crippen LogP contribution in [-0.4, -0.2) is 35.1 Å². The minimum absolute atomic E-state index is 0.0348. The first-order valence-corrected chi connectivity index (χ1v) is 9.84. The van der Waals surface area contributed by atoms with Crippen LogP contribution < -0.4 is 5.01 Å². The van der Waals surface area contributed by atoms with Crippen LogP contribution >= 0.6 is 23.4 Å². The van der Waals surface area contributed by atoms with Crippen LogP contribution in [0.5, 0.6) is 0 Å². The van der Waals surface area contributed by atoms with E-state index < -0.39 is 10.8 Å². The number of nitrogens with zero attached hydrogens (tertiary/aromatic N) is 4. The Morgan fingerprint density at radius 1 is 1.25 bits per heavy atom. The fraction of sp³-hybridized carbons (Fsp3) is 0.211. The number of anilines is 1. The average Bonchev–Trinajstić information content (AvgIpc) is 2.97. The van der Waals surface area contributed by atoms with Gasteiger partial charge in [-0.15, -0.1) is 11.8 Å². The largest absolute Gasteiger partial charge is 0.295 e. The highest BCUT2D eigenvalue weighted by Gasteiger charge is 2.33. The van der Waals surface area contributed by atoms with E-state index in [1.165, 1.54) is 29.3 Å². The van der Waals surface area contributed by atoms with Crippen molar-refractivity contribution >= 4 is 52.6 Å². The highest BCUT2D eigenvalue weighted by atomic mass is 35.5. The molecule has 1 amide bonds. The second kappa shape index (κ2) is 8.99. The van der Waals surface area contributed by atoms with Gasteiger partial charge in [-0.3, -0.25) is 19.9 Å². The number of carbonyl (C=O) groups is 1. The minimum atomic E-state index is -0.518. The molecule has 0 aromatic heterocycles. The van der Waals surface area contributed by atoms with Gasteiger partial charge in [-0.25, -0.2) is 0 Å². The first kappa shape index (κ1) is 20.0. The number of hydrogen-bond acceptors (Lipinski definition) is 6. The fourth-order valence-electron chi connectivity index (χ4n) is 2.58. The fourth-order valence-corrected chi connectivity index (χ4v) is 3.47. The Kier molecular flexibility index (Phi) is 6.43. The topological polar surface area (TPSA) is 88.2 Å². The summed E-state index contributed by atoms with van der Waals surface area (Å²) in [5, 5.41) is 17.0. The number of nitro benzene ring substituents is 1. The summed E-state index contributed by atoms with van der Waals surface area (Å²) in [5.74, 6) is 0.0394. The molecule has 0 unspecified atom stereocenters. The molecule has 0 fully saturated rings. The summed E-state index contributed by atoms with van der Waals surface area (Å²) >= 11 is 7.52. The zero-order valence-corrected chi connectivity index (χ0v) is 16.6. The SMILES string of the molecule is CC1=NN(c2ccc([N+](=O)[O-])cc2)C(=O)[C@H]1C=NCCSc1ccc(Cl)cc1. The lowest BCUT2D eigenvalue weighted by Gasteiger charge is -2.12. The van der Waals surface area contributed by atoms with Gasteiger partial charge in [-0.05, 0) is 43.3 Å². The van der Waals surface area contributed by atoms with Gasteiger partial charge < -0.3 is 0 Å². The summed E-state index contributed by atoms with van der Waals surface area (Å²) < 4.78 is 0. The molecule has 2 aromatic rings. The Bertz CT molecular complexity index is 929. The Labute approximate surface area is 171 Å². The van der Waals surface area contributed by atoms with Crippen LogP contribution in [0, 0.1) is 16.0 Å². The minimum Gasteiger partial charge on any atom is -0.295 e. The number of benzene rings is 2. The maximum absolute atomic E-state index is 12.6. The number of hydrogen-bond donors (Lipinski definition) is 0. The molecule has 28 heavy (non-hydrogen) atoms. The van der Waals surface area contributed by atoms with Gasteiger partial charge in [0.1, 0.15) is 5.92 Å². The van der Waals surface area contributed by atoms with E-state index in [2.05, 4.69) is 10.1 Å². The lowest BCUT2D eigenvalue weighted by Crippen LogP contribution is -2.28. The summed E-state index contributed by atoms with van der Waals surface area (Å²) in [5.41, 5.74) is 1.09. The summed E-state index contributed by atoms with van der Waals surface area (Å²) in [6.45, 7) is 2.34. The smallest absolute Gasteiger partial charge is 0.269 e.